The molecule has 2 rings (SSSR count). The van der Waals surface area contributed by atoms with Crippen LogP contribution in [0.4, 0.5) is 0 Å². The lowest BCUT2D eigenvalue weighted by molar-refractivity contribution is -0.152. The number of benzene rings is 1. The molecule has 0 saturated carbocycles. The lowest BCUT2D eigenvalue weighted by atomic mass is 10.0. The molecule has 1 heterocycles. The number of carbonyl (C=O) groups is 3. The number of nitrogens with zero attached hydrogens (tertiary/aromatic N) is 1. The first-order valence-electron chi connectivity index (χ1n) is 6.17. The molecule has 7 nitrogen and oxygen atoms in total. The zero-order valence-corrected chi connectivity index (χ0v) is 11.6. The van der Waals surface area contributed by atoms with E-state index in [2.05, 4.69) is 5.32 Å². The summed E-state index contributed by atoms with van der Waals surface area (Å²) in [4.78, 5) is 36.0. The van der Waals surface area contributed by atoms with E-state index in [-0.39, 0.29) is 18.7 Å². The van der Waals surface area contributed by atoms with Gasteiger partial charge in [-0.05, 0) is 18.2 Å². The molecule has 1 aromatic rings. The van der Waals surface area contributed by atoms with Crippen LogP contribution >= 0.6 is 11.6 Å². The van der Waals surface area contributed by atoms with E-state index in [4.69, 9.17) is 16.7 Å². The number of aliphatic carboxylic acids is 2. The molecule has 0 aromatic heterocycles. The predicted molar refractivity (Wildman–Crippen MR) is 73.3 cm³/mol. The zero-order valence-electron chi connectivity index (χ0n) is 10.8. The number of carboxylic acid groups (broad SMARTS) is 2. The minimum Gasteiger partial charge on any atom is -0.480 e. The number of piperazine rings is 1. The number of nitrogens with one attached hydrogen (secondary N) is 1. The highest BCUT2D eigenvalue weighted by atomic mass is 35.5. The molecule has 2 atom stereocenters. The van der Waals surface area contributed by atoms with E-state index in [0.717, 1.165) is 4.90 Å². The Morgan fingerprint density at radius 2 is 1.95 bits per heavy atom. The molecule has 21 heavy (non-hydrogen) atoms. The Labute approximate surface area is 125 Å². The highest BCUT2D eigenvalue weighted by Gasteiger charge is 2.43. The molecule has 0 spiro atoms. The fraction of sp³-hybridized carbons (Fsp3) is 0.308. The summed E-state index contributed by atoms with van der Waals surface area (Å²) >= 11 is 5.81. The van der Waals surface area contributed by atoms with Crippen molar-refractivity contribution in [3.05, 3.63) is 34.9 Å². The van der Waals surface area contributed by atoms with Crippen molar-refractivity contribution < 1.29 is 24.6 Å². The molecular formula is C13H13ClN2O5. The Bertz CT molecular complexity index is 592. The molecule has 1 saturated heterocycles. The number of hydrogen-bond acceptors (Lipinski definition) is 4. The van der Waals surface area contributed by atoms with E-state index >= 15 is 0 Å². The van der Waals surface area contributed by atoms with Crippen LogP contribution in [0, 0.1) is 0 Å². The SMILES string of the molecule is O=C(O)C1NCCN(C(=O)c2cccc(Cl)c2)C1C(=O)O. The third-order valence-corrected chi connectivity index (χ3v) is 3.46. The van der Waals surface area contributed by atoms with Crippen LogP contribution in [0.5, 0.6) is 0 Å². The van der Waals surface area contributed by atoms with Crippen molar-refractivity contribution >= 4 is 29.4 Å². The summed E-state index contributed by atoms with van der Waals surface area (Å²) in [6.45, 7) is 0.305. The van der Waals surface area contributed by atoms with E-state index < -0.39 is 29.9 Å². The second-order valence-electron chi connectivity index (χ2n) is 4.56. The van der Waals surface area contributed by atoms with Gasteiger partial charge >= 0.3 is 11.9 Å². The van der Waals surface area contributed by atoms with Crippen molar-refractivity contribution in [1.82, 2.24) is 10.2 Å². The van der Waals surface area contributed by atoms with Crippen LogP contribution in [-0.2, 0) is 9.59 Å². The molecule has 1 aromatic carbocycles. The van der Waals surface area contributed by atoms with Crippen molar-refractivity contribution in [2.75, 3.05) is 13.1 Å². The average molecular weight is 313 g/mol. The summed E-state index contributed by atoms with van der Waals surface area (Å²) in [5, 5.41) is 21.3. The summed E-state index contributed by atoms with van der Waals surface area (Å²) in [6, 6.07) is 3.26. The van der Waals surface area contributed by atoms with Gasteiger partial charge in [0.05, 0.1) is 0 Å². The lowest BCUT2D eigenvalue weighted by Crippen LogP contribution is -2.65. The molecule has 0 bridgehead atoms. The molecular weight excluding hydrogens is 300 g/mol. The smallest absolute Gasteiger partial charge is 0.328 e. The van der Waals surface area contributed by atoms with Crippen LogP contribution in [0.2, 0.25) is 5.02 Å². The molecule has 1 aliphatic rings. The Morgan fingerprint density at radius 3 is 2.52 bits per heavy atom. The number of carbonyl (C=O) groups excluding carboxylic acids is 1. The summed E-state index contributed by atoms with van der Waals surface area (Å²) in [5.74, 6) is -3.24. The molecule has 1 fully saturated rings. The Kier molecular flexibility index (Phi) is 4.44. The predicted octanol–water partition coefficient (Wildman–Crippen LogP) is 0.292. The van der Waals surface area contributed by atoms with Crippen LogP contribution in [0.1, 0.15) is 10.4 Å². The van der Waals surface area contributed by atoms with Crippen LogP contribution in [0.15, 0.2) is 24.3 Å². The fourth-order valence-electron chi connectivity index (χ4n) is 2.28. The van der Waals surface area contributed by atoms with E-state index in [1.807, 2.05) is 0 Å². The van der Waals surface area contributed by atoms with Gasteiger partial charge in [-0.2, -0.15) is 0 Å². The zero-order chi connectivity index (χ0) is 15.6. The van der Waals surface area contributed by atoms with Crippen molar-refractivity contribution in [3.8, 4) is 0 Å². The molecule has 8 heteroatoms. The van der Waals surface area contributed by atoms with Crippen LogP contribution < -0.4 is 5.32 Å². The number of rotatable bonds is 3. The number of halogens is 1. The van der Waals surface area contributed by atoms with Gasteiger partial charge in [0, 0.05) is 23.7 Å². The maximum atomic E-state index is 12.4. The lowest BCUT2D eigenvalue weighted by Gasteiger charge is -2.37. The standard InChI is InChI=1S/C13H13ClN2O5/c14-8-3-1-2-7(6-8)11(17)16-5-4-15-9(12(18)19)10(16)13(20)21/h1-3,6,9-10,15H,4-5H2,(H,18,19)(H,20,21). The van der Waals surface area contributed by atoms with E-state index in [0.29, 0.717) is 5.02 Å². The van der Waals surface area contributed by atoms with Gasteiger partial charge in [-0.25, -0.2) is 4.79 Å². The summed E-state index contributed by atoms with van der Waals surface area (Å²) < 4.78 is 0. The number of carboxylic acids is 2. The van der Waals surface area contributed by atoms with E-state index in [1.54, 1.807) is 12.1 Å². The van der Waals surface area contributed by atoms with Crippen LogP contribution in [0.3, 0.4) is 0 Å². The van der Waals surface area contributed by atoms with Gasteiger partial charge in [-0.15, -0.1) is 0 Å². The van der Waals surface area contributed by atoms with E-state index in [1.165, 1.54) is 12.1 Å². The largest absolute Gasteiger partial charge is 0.480 e. The summed E-state index contributed by atoms with van der Waals surface area (Å²) in [7, 11) is 0. The Hall–Kier alpha value is -2.12. The van der Waals surface area contributed by atoms with Gasteiger partial charge in [0.25, 0.3) is 5.91 Å². The highest BCUT2D eigenvalue weighted by molar-refractivity contribution is 6.31. The van der Waals surface area contributed by atoms with Crippen LogP contribution in [-0.4, -0.2) is 58.1 Å². The minimum atomic E-state index is -1.47. The Morgan fingerprint density at radius 1 is 1.24 bits per heavy atom. The first kappa shape index (κ1) is 15.3. The van der Waals surface area contributed by atoms with Gasteiger partial charge in [-0.1, -0.05) is 17.7 Å². The number of hydrogen-bond donors (Lipinski definition) is 3. The molecule has 2 unspecified atom stereocenters. The van der Waals surface area contributed by atoms with Gasteiger partial charge in [0.1, 0.15) is 6.04 Å². The van der Waals surface area contributed by atoms with Crippen molar-refractivity contribution in [2.24, 2.45) is 0 Å². The minimum absolute atomic E-state index is 0.103. The maximum Gasteiger partial charge on any atom is 0.328 e. The molecule has 3 N–H and O–H groups in total. The van der Waals surface area contributed by atoms with Crippen molar-refractivity contribution in [3.63, 3.8) is 0 Å². The van der Waals surface area contributed by atoms with Gasteiger partial charge in [-0.3, -0.25) is 9.59 Å². The van der Waals surface area contributed by atoms with Gasteiger partial charge in [0.2, 0.25) is 0 Å². The maximum absolute atomic E-state index is 12.4. The summed E-state index contributed by atoms with van der Waals surface area (Å²) in [6.07, 6.45) is 0. The summed E-state index contributed by atoms with van der Waals surface area (Å²) in [5.41, 5.74) is 0.222. The molecule has 112 valence electrons. The quantitative estimate of drug-likeness (QED) is 0.740. The molecule has 0 radical (unpaired) electrons. The topological polar surface area (TPSA) is 107 Å². The third kappa shape index (κ3) is 3.14. The van der Waals surface area contributed by atoms with Crippen molar-refractivity contribution in [1.29, 1.82) is 0 Å². The van der Waals surface area contributed by atoms with Crippen molar-refractivity contribution in [2.45, 2.75) is 12.1 Å². The Balaban J connectivity index is 2.33. The van der Waals surface area contributed by atoms with E-state index in [9.17, 15) is 19.5 Å². The van der Waals surface area contributed by atoms with Crippen LogP contribution in [0.25, 0.3) is 0 Å². The average Bonchev–Trinajstić information content (AvgIpc) is 2.45. The second-order valence-corrected chi connectivity index (χ2v) is 5.00. The molecule has 1 amide bonds. The monoisotopic (exact) mass is 312 g/mol. The normalized spacial score (nSPS) is 21.9. The first-order chi connectivity index (χ1) is 9.91. The highest BCUT2D eigenvalue weighted by Crippen LogP contribution is 2.17. The fourth-order valence-corrected chi connectivity index (χ4v) is 2.47. The van der Waals surface area contributed by atoms with Gasteiger partial charge in [0.15, 0.2) is 6.04 Å². The first-order valence-corrected chi connectivity index (χ1v) is 6.55. The second kappa shape index (κ2) is 6.11. The number of amides is 1. The van der Waals surface area contributed by atoms with Gasteiger partial charge < -0.3 is 20.4 Å². The third-order valence-electron chi connectivity index (χ3n) is 3.22. The molecule has 0 aliphatic carbocycles. The molecule has 1 aliphatic heterocycles.